The average Bonchev–Trinajstić information content (AvgIpc) is 3.34. The highest BCUT2D eigenvalue weighted by Crippen LogP contribution is 2.34. The van der Waals surface area contributed by atoms with Gasteiger partial charge in [-0.2, -0.15) is 18.3 Å². The summed E-state index contributed by atoms with van der Waals surface area (Å²) < 4.78 is 55.9. The fourth-order valence-corrected chi connectivity index (χ4v) is 4.17. The van der Waals surface area contributed by atoms with Crippen molar-refractivity contribution in [1.82, 2.24) is 19.7 Å². The molecule has 0 aliphatic rings. The van der Waals surface area contributed by atoms with Crippen molar-refractivity contribution in [1.29, 1.82) is 0 Å². The van der Waals surface area contributed by atoms with Gasteiger partial charge in [0.05, 0.1) is 23.5 Å². The van der Waals surface area contributed by atoms with E-state index < -0.39 is 17.6 Å². The van der Waals surface area contributed by atoms with Crippen molar-refractivity contribution in [3.63, 3.8) is 0 Å². The van der Waals surface area contributed by atoms with Crippen molar-refractivity contribution in [3.05, 3.63) is 78.8 Å². The van der Waals surface area contributed by atoms with Crippen LogP contribution in [-0.4, -0.2) is 19.7 Å². The third-order valence-corrected chi connectivity index (χ3v) is 5.95. The van der Waals surface area contributed by atoms with E-state index in [1.54, 1.807) is 24.5 Å². The van der Waals surface area contributed by atoms with E-state index in [0.29, 0.717) is 11.6 Å². The summed E-state index contributed by atoms with van der Waals surface area (Å²) in [6.07, 6.45) is 8.38. The minimum Gasteiger partial charge on any atom is -0.269 e. The lowest BCUT2D eigenvalue weighted by molar-refractivity contribution is -0.137. The molecule has 0 spiro atoms. The molecule has 182 valence electrons. The Balaban J connectivity index is 1.66. The van der Waals surface area contributed by atoms with Crippen molar-refractivity contribution in [3.8, 4) is 33.5 Å². The average molecular weight is 483 g/mol. The van der Waals surface area contributed by atoms with Crippen molar-refractivity contribution in [2.75, 3.05) is 0 Å². The maximum Gasteiger partial charge on any atom is 0.416 e. The normalized spacial score (nSPS) is 11.9. The van der Waals surface area contributed by atoms with E-state index in [2.05, 4.69) is 28.9 Å². The van der Waals surface area contributed by atoms with E-state index in [-0.39, 0.29) is 11.3 Å². The fourth-order valence-electron chi connectivity index (χ4n) is 4.17. The quantitative estimate of drug-likeness (QED) is 0.239. The number of alkyl halides is 3. The summed E-state index contributed by atoms with van der Waals surface area (Å²) in [6.45, 7) is 4.32. The minimum absolute atomic E-state index is 0.117. The summed E-state index contributed by atoms with van der Waals surface area (Å²) in [5.41, 5.74) is 2.19. The molecule has 1 aromatic carbocycles. The van der Waals surface area contributed by atoms with Crippen molar-refractivity contribution in [2.45, 2.75) is 51.7 Å². The number of benzene rings is 1. The summed E-state index contributed by atoms with van der Waals surface area (Å²) in [7, 11) is 0. The van der Waals surface area contributed by atoms with Crippen LogP contribution in [0.4, 0.5) is 17.6 Å². The van der Waals surface area contributed by atoms with E-state index in [9.17, 15) is 17.6 Å². The van der Waals surface area contributed by atoms with Crippen molar-refractivity contribution in [2.24, 2.45) is 0 Å². The summed E-state index contributed by atoms with van der Waals surface area (Å²) in [6, 6.07) is 7.90. The second-order valence-corrected chi connectivity index (χ2v) is 8.52. The Labute approximate surface area is 201 Å². The van der Waals surface area contributed by atoms with Gasteiger partial charge in [-0.05, 0) is 54.8 Å². The van der Waals surface area contributed by atoms with Gasteiger partial charge in [-0.15, -0.1) is 0 Å². The lowest BCUT2D eigenvalue weighted by Crippen LogP contribution is -2.08. The predicted octanol–water partition coefficient (Wildman–Crippen LogP) is 7.97. The summed E-state index contributed by atoms with van der Waals surface area (Å²) in [4.78, 5) is 8.47. The minimum atomic E-state index is -4.57. The second kappa shape index (κ2) is 10.4. The van der Waals surface area contributed by atoms with Gasteiger partial charge in [0.25, 0.3) is 0 Å². The highest BCUT2D eigenvalue weighted by Gasteiger charge is 2.31. The van der Waals surface area contributed by atoms with E-state index in [4.69, 9.17) is 0 Å². The van der Waals surface area contributed by atoms with Crippen LogP contribution in [0, 0.1) is 5.82 Å². The van der Waals surface area contributed by atoms with E-state index in [1.165, 1.54) is 6.20 Å². The van der Waals surface area contributed by atoms with Gasteiger partial charge >= 0.3 is 6.18 Å². The summed E-state index contributed by atoms with van der Waals surface area (Å²) in [5.74, 6) is -0.768. The maximum absolute atomic E-state index is 14.4. The van der Waals surface area contributed by atoms with Crippen LogP contribution < -0.4 is 0 Å². The SMILES string of the molecule is CCCC(CCC)n1cc(-c2cncc(-c3ccnc(-c4cc(C(F)(F)F)ccc4F)c3)c2)cn1. The molecule has 0 N–H and O–H groups in total. The number of hydrogen-bond acceptors (Lipinski definition) is 3. The first-order valence-electron chi connectivity index (χ1n) is 11.6. The molecule has 4 rings (SSSR count). The van der Waals surface area contributed by atoms with Crippen molar-refractivity contribution >= 4 is 0 Å². The first-order valence-corrected chi connectivity index (χ1v) is 11.6. The third kappa shape index (κ3) is 5.58. The van der Waals surface area contributed by atoms with Crippen LogP contribution in [0.5, 0.6) is 0 Å². The van der Waals surface area contributed by atoms with Crippen LogP contribution in [0.25, 0.3) is 33.5 Å². The van der Waals surface area contributed by atoms with E-state index in [0.717, 1.165) is 60.6 Å². The molecule has 0 unspecified atom stereocenters. The zero-order valence-electron chi connectivity index (χ0n) is 19.6. The smallest absolute Gasteiger partial charge is 0.269 e. The molecular formula is C27H26F4N4. The molecule has 0 saturated heterocycles. The van der Waals surface area contributed by atoms with Gasteiger partial charge in [0.1, 0.15) is 5.82 Å². The largest absolute Gasteiger partial charge is 0.416 e. The molecule has 0 fully saturated rings. The molecule has 0 radical (unpaired) electrons. The van der Waals surface area contributed by atoms with E-state index in [1.807, 2.05) is 23.1 Å². The van der Waals surface area contributed by atoms with Gasteiger partial charge in [0, 0.05) is 47.0 Å². The van der Waals surface area contributed by atoms with Crippen LogP contribution in [0.1, 0.15) is 51.1 Å². The van der Waals surface area contributed by atoms with Crippen molar-refractivity contribution < 1.29 is 17.6 Å². The Kier molecular flexibility index (Phi) is 7.28. The number of aromatic nitrogens is 4. The first kappa shape index (κ1) is 24.6. The number of hydrogen-bond donors (Lipinski definition) is 0. The highest BCUT2D eigenvalue weighted by atomic mass is 19.4. The van der Waals surface area contributed by atoms with E-state index >= 15 is 0 Å². The lowest BCUT2D eigenvalue weighted by Gasteiger charge is -2.15. The molecule has 0 aliphatic carbocycles. The molecule has 0 saturated carbocycles. The Morgan fingerprint density at radius 3 is 2.26 bits per heavy atom. The molecular weight excluding hydrogens is 456 g/mol. The number of pyridine rings is 2. The Morgan fingerprint density at radius 1 is 0.857 bits per heavy atom. The van der Waals surface area contributed by atoms with Gasteiger partial charge in [-0.3, -0.25) is 14.6 Å². The third-order valence-electron chi connectivity index (χ3n) is 5.95. The number of nitrogens with zero attached hydrogens (tertiary/aromatic N) is 4. The predicted molar refractivity (Wildman–Crippen MR) is 128 cm³/mol. The first-order chi connectivity index (χ1) is 16.8. The molecule has 3 aromatic heterocycles. The molecule has 4 aromatic rings. The Hall–Kier alpha value is -3.55. The van der Waals surface area contributed by atoms with Crippen LogP contribution in [0.15, 0.2) is 67.4 Å². The number of rotatable bonds is 8. The molecule has 3 heterocycles. The molecule has 0 amide bonds. The van der Waals surface area contributed by atoms with Gasteiger partial charge in [0.15, 0.2) is 0 Å². The molecule has 8 heteroatoms. The zero-order valence-corrected chi connectivity index (χ0v) is 19.6. The van der Waals surface area contributed by atoms with Gasteiger partial charge < -0.3 is 0 Å². The Morgan fingerprint density at radius 2 is 1.57 bits per heavy atom. The van der Waals surface area contributed by atoms with Crippen LogP contribution in [-0.2, 0) is 6.18 Å². The summed E-state index contributed by atoms with van der Waals surface area (Å²) in [5, 5.41) is 4.57. The standard InChI is InChI=1S/C27H26F4N4/c1-3-5-23(6-4-2)35-17-21(16-34-35)20-11-19(14-32-15-20)18-9-10-33-26(12-18)24-13-22(27(29,30)31)7-8-25(24)28/h7-17,23H,3-6H2,1-2H3. The monoisotopic (exact) mass is 482 g/mol. The van der Waals surface area contributed by atoms with Gasteiger partial charge in [0.2, 0.25) is 0 Å². The topological polar surface area (TPSA) is 43.6 Å². The lowest BCUT2D eigenvalue weighted by atomic mass is 10.0. The molecule has 0 atom stereocenters. The highest BCUT2D eigenvalue weighted by molar-refractivity contribution is 5.74. The Bertz CT molecular complexity index is 1290. The van der Waals surface area contributed by atoms with Gasteiger partial charge in [-0.1, -0.05) is 26.7 Å². The van der Waals surface area contributed by atoms with Crippen LogP contribution in [0.3, 0.4) is 0 Å². The molecule has 0 aliphatic heterocycles. The van der Waals surface area contributed by atoms with Gasteiger partial charge in [-0.25, -0.2) is 4.39 Å². The summed E-state index contributed by atoms with van der Waals surface area (Å²) >= 11 is 0. The second-order valence-electron chi connectivity index (χ2n) is 8.52. The molecule has 4 nitrogen and oxygen atoms in total. The number of halogens is 4. The molecule has 35 heavy (non-hydrogen) atoms. The molecule has 0 bridgehead atoms. The van der Waals surface area contributed by atoms with Crippen LogP contribution >= 0.6 is 0 Å². The fraction of sp³-hybridized carbons (Fsp3) is 0.296. The van der Waals surface area contributed by atoms with Crippen LogP contribution in [0.2, 0.25) is 0 Å². The maximum atomic E-state index is 14.4. The zero-order chi connectivity index (χ0) is 25.0.